The average molecular weight is 177 g/mol. The molecule has 0 aliphatic heterocycles. The molecule has 0 saturated heterocycles. The molecule has 1 aliphatic rings. The van der Waals surface area contributed by atoms with Crippen molar-refractivity contribution in [1.82, 2.24) is 9.97 Å². The van der Waals surface area contributed by atoms with Crippen LogP contribution in [0.15, 0.2) is 12.4 Å². The number of hydrogen-bond donors (Lipinski definition) is 1. The average Bonchev–Trinajstić information content (AvgIpc) is 2.85. The fraction of sp³-hybridized carbons (Fsp3) is 0.600. The van der Waals surface area contributed by atoms with Crippen LogP contribution in [0.5, 0.6) is 0 Å². The first kappa shape index (κ1) is 8.48. The maximum Gasteiger partial charge on any atom is 0.129 e. The van der Waals surface area contributed by atoms with E-state index >= 15 is 0 Å². The summed E-state index contributed by atoms with van der Waals surface area (Å²) in [5.74, 6) is 1.81. The molecule has 2 rings (SSSR count). The summed E-state index contributed by atoms with van der Waals surface area (Å²) in [4.78, 5) is 8.22. The van der Waals surface area contributed by atoms with E-state index in [2.05, 4.69) is 22.2 Å². The fourth-order valence-corrected chi connectivity index (χ4v) is 1.48. The Morgan fingerprint density at radius 2 is 2.23 bits per heavy atom. The summed E-state index contributed by atoms with van der Waals surface area (Å²) in [5.41, 5.74) is 1.01. The Balaban J connectivity index is 2.00. The van der Waals surface area contributed by atoms with Crippen LogP contribution in [0.1, 0.15) is 25.5 Å². The minimum Gasteiger partial charge on any atom is -0.367 e. The smallest absolute Gasteiger partial charge is 0.129 e. The monoisotopic (exact) mass is 177 g/mol. The zero-order valence-corrected chi connectivity index (χ0v) is 8.12. The van der Waals surface area contributed by atoms with E-state index in [0.29, 0.717) is 6.04 Å². The highest BCUT2D eigenvalue weighted by Gasteiger charge is 2.27. The normalized spacial score (nSPS) is 18.3. The zero-order chi connectivity index (χ0) is 9.26. The van der Waals surface area contributed by atoms with Crippen LogP contribution in [0.3, 0.4) is 0 Å². The summed E-state index contributed by atoms with van der Waals surface area (Å²) in [5, 5.41) is 3.39. The predicted molar refractivity (Wildman–Crippen MR) is 52.6 cm³/mol. The molecule has 1 atom stereocenters. The van der Waals surface area contributed by atoms with Crippen molar-refractivity contribution < 1.29 is 0 Å². The van der Waals surface area contributed by atoms with Gasteiger partial charge in [-0.15, -0.1) is 0 Å². The standard InChI is InChI=1S/C10H15N3/c1-7-5-10(12-6-11-7)13-8(2)9-3-4-9/h5-6,8-9H,3-4H2,1-2H3,(H,11,12,13). The molecule has 0 spiro atoms. The van der Waals surface area contributed by atoms with Crippen LogP contribution in [0, 0.1) is 12.8 Å². The number of aromatic nitrogens is 2. The van der Waals surface area contributed by atoms with Crippen LogP contribution in [0.25, 0.3) is 0 Å². The van der Waals surface area contributed by atoms with E-state index in [1.165, 1.54) is 12.8 Å². The first-order valence-electron chi connectivity index (χ1n) is 4.81. The molecule has 1 unspecified atom stereocenters. The van der Waals surface area contributed by atoms with E-state index in [0.717, 1.165) is 17.4 Å². The topological polar surface area (TPSA) is 37.8 Å². The highest BCUT2D eigenvalue weighted by Crippen LogP contribution is 2.33. The molecular weight excluding hydrogens is 162 g/mol. The molecule has 1 fully saturated rings. The van der Waals surface area contributed by atoms with Gasteiger partial charge in [0, 0.05) is 17.8 Å². The van der Waals surface area contributed by atoms with Crippen LogP contribution in [-0.2, 0) is 0 Å². The van der Waals surface area contributed by atoms with Crippen LogP contribution < -0.4 is 5.32 Å². The Labute approximate surface area is 78.6 Å². The molecule has 1 aromatic heterocycles. The van der Waals surface area contributed by atoms with Crippen LogP contribution in [0.2, 0.25) is 0 Å². The lowest BCUT2D eigenvalue weighted by molar-refractivity contribution is 0.690. The zero-order valence-electron chi connectivity index (χ0n) is 8.12. The molecule has 13 heavy (non-hydrogen) atoms. The lowest BCUT2D eigenvalue weighted by atomic mass is 10.2. The quantitative estimate of drug-likeness (QED) is 0.767. The maximum absolute atomic E-state index is 4.17. The van der Waals surface area contributed by atoms with Gasteiger partial charge >= 0.3 is 0 Å². The van der Waals surface area contributed by atoms with Crippen molar-refractivity contribution in [3.63, 3.8) is 0 Å². The van der Waals surface area contributed by atoms with Gasteiger partial charge in [-0.3, -0.25) is 0 Å². The van der Waals surface area contributed by atoms with Gasteiger partial charge in [-0.25, -0.2) is 9.97 Å². The van der Waals surface area contributed by atoms with Crippen molar-refractivity contribution in [3.05, 3.63) is 18.1 Å². The summed E-state index contributed by atoms with van der Waals surface area (Å²) in [6.07, 6.45) is 4.33. The molecule has 70 valence electrons. The first-order valence-corrected chi connectivity index (χ1v) is 4.81. The number of hydrogen-bond acceptors (Lipinski definition) is 3. The second-order valence-electron chi connectivity index (χ2n) is 3.82. The van der Waals surface area contributed by atoms with E-state index in [4.69, 9.17) is 0 Å². The molecule has 1 heterocycles. The lowest BCUT2D eigenvalue weighted by Gasteiger charge is -2.12. The molecule has 0 radical (unpaired) electrons. The molecular formula is C10H15N3. The van der Waals surface area contributed by atoms with Crippen molar-refractivity contribution >= 4 is 5.82 Å². The van der Waals surface area contributed by atoms with E-state index in [9.17, 15) is 0 Å². The minimum absolute atomic E-state index is 0.550. The number of nitrogens with zero attached hydrogens (tertiary/aromatic N) is 2. The van der Waals surface area contributed by atoms with Crippen molar-refractivity contribution in [2.45, 2.75) is 32.7 Å². The molecule has 1 N–H and O–H groups in total. The Morgan fingerprint density at radius 3 is 2.85 bits per heavy atom. The van der Waals surface area contributed by atoms with Crippen molar-refractivity contribution in [3.8, 4) is 0 Å². The summed E-state index contributed by atoms with van der Waals surface area (Å²) < 4.78 is 0. The van der Waals surface area contributed by atoms with Crippen molar-refractivity contribution in [2.75, 3.05) is 5.32 Å². The van der Waals surface area contributed by atoms with Gasteiger partial charge in [0.2, 0.25) is 0 Å². The molecule has 3 nitrogen and oxygen atoms in total. The van der Waals surface area contributed by atoms with Gasteiger partial charge in [-0.05, 0) is 32.6 Å². The second-order valence-corrected chi connectivity index (χ2v) is 3.82. The number of anilines is 1. The predicted octanol–water partition coefficient (Wildman–Crippen LogP) is 2.00. The lowest BCUT2D eigenvalue weighted by Crippen LogP contribution is -2.18. The Bertz CT molecular complexity index is 294. The highest BCUT2D eigenvalue weighted by atomic mass is 15.0. The minimum atomic E-state index is 0.550. The van der Waals surface area contributed by atoms with Crippen LogP contribution in [-0.4, -0.2) is 16.0 Å². The van der Waals surface area contributed by atoms with Gasteiger partial charge in [0.25, 0.3) is 0 Å². The van der Waals surface area contributed by atoms with E-state index in [-0.39, 0.29) is 0 Å². The summed E-state index contributed by atoms with van der Waals surface area (Å²) in [6.45, 7) is 4.20. The number of aryl methyl sites for hydroxylation is 1. The van der Waals surface area contributed by atoms with E-state index in [1.807, 2.05) is 13.0 Å². The summed E-state index contributed by atoms with van der Waals surface area (Å²) in [7, 11) is 0. The van der Waals surface area contributed by atoms with Gasteiger partial charge in [-0.2, -0.15) is 0 Å². The number of rotatable bonds is 3. The molecule has 1 saturated carbocycles. The Kier molecular flexibility index (Phi) is 2.17. The Hall–Kier alpha value is -1.12. The molecule has 0 amide bonds. The van der Waals surface area contributed by atoms with Crippen LogP contribution in [0.4, 0.5) is 5.82 Å². The maximum atomic E-state index is 4.17. The van der Waals surface area contributed by atoms with Gasteiger partial charge in [0.1, 0.15) is 12.1 Å². The third-order valence-corrected chi connectivity index (χ3v) is 2.51. The highest BCUT2D eigenvalue weighted by molar-refractivity contribution is 5.35. The number of nitrogens with one attached hydrogen (secondary N) is 1. The van der Waals surface area contributed by atoms with Gasteiger partial charge in [0.15, 0.2) is 0 Å². The second kappa shape index (κ2) is 3.32. The molecule has 1 aromatic rings. The van der Waals surface area contributed by atoms with Gasteiger partial charge in [-0.1, -0.05) is 0 Å². The molecule has 1 aliphatic carbocycles. The molecule has 0 bridgehead atoms. The van der Waals surface area contributed by atoms with E-state index in [1.54, 1.807) is 6.33 Å². The third-order valence-electron chi connectivity index (χ3n) is 2.51. The fourth-order valence-electron chi connectivity index (χ4n) is 1.48. The van der Waals surface area contributed by atoms with Gasteiger partial charge < -0.3 is 5.32 Å². The van der Waals surface area contributed by atoms with Crippen molar-refractivity contribution in [1.29, 1.82) is 0 Å². The largest absolute Gasteiger partial charge is 0.367 e. The first-order chi connectivity index (χ1) is 6.25. The van der Waals surface area contributed by atoms with Crippen LogP contribution >= 0.6 is 0 Å². The third kappa shape index (κ3) is 2.17. The van der Waals surface area contributed by atoms with Gasteiger partial charge in [0.05, 0.1) is 0 Å². The van der Waals surface area contributed by atoms with Crippen molar-refractivity contribution in [2.24, 2.45) is 5.92 Å². The SMILES string of the molecule is Cc1cc(NC(C)C2CC2)ncn1. The molecule has 3 heteroatoms. The summed E-state index contributed by atoms with van der Waals surface area (Å²) >= 11 is 0. The Morgan fingerprint density at radius 1 is 1.46 bits per heavy atom. The molecule has 0 aromatic carbocycles. The van der Waals surface area contributed by atoms with E-state index < -0.39 is 0 Å². The summed E-state index contributed by atoms with van der Waals surface area (Å²) in [6, 6.07) is 2.54.